The average molecular weight is 544 g/mol. The maximum Gasteiger partial charge on any atom is 0.345 e. The van der Waals surface area contributed by atoms with E-state index in [1.54, 1.807) is 12.1 Å². The van der Waals surface area contributed by atoms with Crippen LogP contribution < -0.4 is 20.8 Å². The maximum absolute atomic E-state index is 12.8. The number of primary sulfonamides is 2. The molecule has 190 valence electrons. The van der Waals surface area contributed by atoms with Gasteiger partial charge in [0.05, 0.1) is 10.4 Å². The maximum atomic E-state index is 12.8. The Morgan fingerprint density at radius 1 is 1.06 bits per heavy atom. The van der Waals surface area contributed by atoms with Crippen molar-refractivity contribution in [3.63, 3.8) is 0 Å². The standard InChI is InChI=1S/C21H25N3O8S3/c1-2-24(9-5-3-4-6-18(25)26)14-8-7-13-10-15(21(27)32-16(13)11-14)20-17(34(22,28)29)12-19(33-20)35(23,30)31/h7-8,10-12H,2-6,9H2,1H3,(H,25,26)(H2,22,28,29)(H2,23,30,31). The van der Waals surface area contributed by atoms with E-state index in [1.165, 1.54) is 6.07 Å². The summed E-state index contributed by atoms with van der Waals surface area (Å²) in [5, 5.41) is 19.6. The fraction of sp³-hybridized carbons (Fsp3) is 0.333. The van der Waals surface area contributed by atoms with E-state index in [2.05, 4.69) is 4.90 Å². The van der Waals surface area contributed by atoms with Gasteiger partial charge in [-0.3, -0.25) is 4.79 Å². The number of sulfonamides is 2. The summed E-state index contributed by atoms with van der Waals surface area (Å²) < 4.78 is 52.6. The number of nitrogens with zero attached hydrogens (tertiary/aromatic N) is 1. The first-order valence-electron chi connectivity index (χ1n) is 10.6. The molecular weight excluding hydrogens is 518 g/mol. The lowest BCUT2D eigenvalue weighted by Crippen LogP contribution is -2.23. The zero-order chi connectivity index (χ0) is 26.0. The number of aliphatic carboxylic acids is 1. The Kier molecular flexibility index (Phi) is 8.01. The lowest BCUT2D eigenvalue weighted by Gasteiger charge is -2.23. The zero-order valence-electron chi connectivity index (χ0n) is 18.8. The van der Waals surface area contributed by atoms with Gasteiger partial charge in [0, 0.05) is 36.7 Å². The SMILES string of the molecule is CCN(CCCCCC(=O)O)c1ccc2cc(-c3sc(S(N)(=O)=O)cc3S(N)(=O)=O)c(=O)oc2c1. The molecule has 11 nitrogen and oxygen atoms in total. The van der Waals surface area contributed by atoms with E-state index in [9.17, 15) is 26.4 Å². The van der Waals surface area contributed by atoms with Crippen LogP contribution in [0.5, 0.6) is 0 Å². The zero-order valence-corrected chi connectivity index (χ0v) is 21.2. The highest BCUT2D eigenvalue weighted by atomic mass is 32.2. The van der Waals surface area contributed by atoms with Crippen molar-refractivity contribution in [2.45, 2.75) is 41.7 Å². The highest BCUT2D eigenvalue weighted by Gasteiger charge is 2.26. The van der Waals surface area contributed by atoms with Crippen LogP contribution in [0.1, 0.15) is 32.6 Å². The van der Waals surface area contributed by atoms with Crippen molar-refractivity contribution in [3.05, 3.63) is 40.8 Å². The quantitative estimate of drug-likeness (QED) is 0.240. The van der Waals surface area contributed by atoms with Crippen molar-refractivity contribution < 1.29 is 31.2 Å². The minimum Gasteiger partial charge on any atom is -0.481 e. The molecule has 3 rings (SSSR count). The van der Waals surface area contributed by atoms with Crippen LogP contribution in [0.2, 0.25) is 0 Å². The predicted molar refractivity (Wildman–Crippen MR) is 133 cm³/mol. The largest absolute Gasteiger partial charge is 0.481 e. The van der Waals surface area contributed by atoms with Gasteiger partial charge in [0.1, 0.15) is 14.7 Å². The Hall–Kier alpha value is -2.78. The molecule has 0 aliphatic rings. The minimum absolute atomic E-state index is 0.131. The van der Waals surface area contributed by atoms with Crippen molar-refractivity contribution in [1.82, 2.24) is 0 Å². The van der Waals surface area contributed by atoms with Crippen LogP contribution in [0.3, 0.4) is 0 Å². The summed E-state index contributed by atoms with van der Waals surface area (Å²) in [6.45, 7) is 3.33. The predicted octanol–water partition coefficient (Wildman–Crippen LogP) is 2.29. The van der Waals surface area contributed by atoms with Crippen LogP contribution in [-0.2, 0) is 24.8 Å². The van der Waals surface area contributed by atoms with E-state index in [1.807, 2.05) is 13.0 Å². The number of nitrogens with two attached hydrogens (primary N) is 2. The number of anilines is 1. The number of hydrogen-bond acceptors (Lipinski definition) is 9. The summed E-state index contributed by atoms with van der Waals surface area (Å²) in [6.07, 6.45) is 2.29. The number of carboxylic acids is 1. The van der Waals surface area contributed by atoms with E-state index >= 15 is 0 Å². The van der Waals surface area contributed by atoms with E-state index in [0.717, 1.165) is 24.6 Å². The van der Waals surface area contributed by atoms with Gasteiger partial charge in [0.25, 0.3) is 0 Å². The Morgan fingerprint density at radius 3 is 2.37 bits per heavy atom. The van der Waals surface area contributed by atoms with Gasteiger partial charge >= 0.3 is 11.6 Å². The summed E-state index contributed by atoms with van der Waals surface area (Å²) in [5.74, 6) is -0.819. The fourth-order valence-electron chi connectivity index (χ4n) is 3.57. The third-order valence-electron chi connectivity index (χ3n) is 5.29. The number of unbranched alkanes of at least 4 members (excludes halogenated alkanes) is 2. The van der Waals surface area contributed by atoms with Crippen LogP contribution in [0.25, 0.3) is 21.4 Å². The first-order valence-corrected chi connectivity index (χ1v) is 14.5. The highest BCUT2D eigenvalue weighted by molar-refractivity contribution is 7.92. The molecule has 5 N–H and O–H groups in total. The van der Waals surface area contributed by atoms with Crippen molar-refractivity contribution in [2.24, 2.45) is 10.3 Å². The molecule has 0 aliphatic heterocycles. The third-order valence-corrected chi connectivity index (χ3v) is 8.94. The van der Waals surface area contributed by atoms with Gasteiger partial charge in [-0.25, -0.2) is 31.9 Å². The van der Waals surface area contributed by atoms with Crippen molar-refractivity contribution in [1.29, 1.82) is 0 Å². The first kappa shape index (κ1) is 26.8. The Morgan fingerprint density at radius 2 is 1.77 bits per heavy atom. The number of carboxylic acid groups (broad SMARTS) is 1. The van der Waals surface area contributed by atoms with Gasteiger partial charge < -0.3 is 14.4 Å². The Bertz CT molecular complexity index is 1520. The molecule has 0 amide bonds. The number of hydrogen-bond donors (Lipinski definition) is 3. The van der Waals surface area contributed by atoms with Crippen molar-refractivity contribution in [2.75, 3.05) is 18.0 Å². The lowest BCUT2D eigenvalue weighted by molar-refractivity contribution is -0.137. The summed E-state index contributed by atoms with van der Waals surface area (Å²) >= 11 is 0.518. The number of carbonyl (C=O) groups is 1. The second-order valence-electron chi connectivity index (χ2n) is 7.80. The molecule has 0 spiro atoms. The van der Waals surface area contributed by atoms with Gasteiger partial charge in [-0.05, 0) is 44.0 Å². The van der Waals surface area contributed by atoms with Gasteiger partial charge in [0.2, 0.25) is 20.0 Å². The Labute approximate surface area is 206 Å². The van der Waals surface area contributed by atoms with Crippen LogP contribution in [0.15, 0.2) is 48.6 Å². The lowest BCUT2D eigenvalue weighted by atomic mass is 10.1. The van der Waals surface area contributed by atoms with Gasteiger partial charge in [-0.1, -0.05) is 6.42 Å². The molecule has 1 aromatic carbocycles. The van der Waals surface area contributed by atoms with E-state index < -0.39 is 40.7 Å². The minimum atomic E-state index is -4.36. The topological polar surface area (TPSA) is 191 Å². The number of thiophene rings is 1. The molecule has 35 heavy (non-hydrogen) atoms. The van der Waals surface area contributed by atoms with Crippen molar-refractivity contribution in [3.8, 4) is 10.4 Å². The summed E-state index contributed by atoms with van der Waals surface area (Å²) in [6, 6.07) is 7.45. The van der Waals surface area contributed by atoms with Gasteiger partial charge in [-0.15, -0.1) is 11.3 Å². The Balaban J connectivity index is 1.96. The summed E-state index contributed by atoms with van der Waals surface area (Å²) in [5.41, 5.74) is 0.0481. The fourth-order valence-corrected chi connectivity index (χ4v) is 6.63. The number of benzene rings is 1. The second-order valence-corrected chi connectivity index (χ2v) is 12.2. The van der Waals surface area contributed by atoms with Gasteiger partial charge in [-0.2, -0.15) is 0 Å². The van der Waals surface area contributed by atoms with E-state index in [-0.39, 0.29) is 22.4 Å². The molecule has 3 aromatic rings. The number of rotatable bonds is 11. The van der Waals surface area contributed by atoms with Gasteiger partial charge in [0.15, 0.2) is 0 Å². The van der Waals surface area contributed by atoms with E-state index in [0.29, 0.717) is 36.2 Å². The second kappa shape index (κ2) is 10.5. The molecule has 0 saturated heterocycles. The van der Waals surface area contributed by atoms with Crippen LogP contribution >= 0.6 is 11.3 Å². The molecular formula is C21H25N3O8S3. The molecule has 0 fully saturated rings. The molecule has 0 radical (unpaired) electrons. The molecule has 0 unspecified atom stereocenters. The first-order chi connectivity index (χ1) is 16.3. The molecule has 0 bridgehead atoms. The summed E-state index contributed by atoms with van der Waals surface area (Å²) in [7, 11) is -8.59. The molecule has 14 heteroatoms. The summed E-state index contributed by atoms with van der Waals surface area (Å²) in [4.78, 5) is 24.8. The normalized spacial score (nSPS) is 12.2. The number of fused-ring (bicyclic) bond motifs is 1. The third kappa shape index (κ3) is 6.46. The van der Waals surface area contributed by atoms with Crippen LogP contribution in [-0.4, -0.2) is 41.0 Å². The van der Waals surface area contributed by atoms with Crippen molar-refractivity contribution >= 4 is 54.0 Å². The van der Waals surface area contributed by atoms with Crippen LogP contribution in [0, 0.1) is 0 Å². The monoisotopic (exact) mass is 543 g/mol. The van der Waals surface area contributed by atoms with E-state index in [4.69, 9.17) is 19.8 Å². The molecule has 2 heterocycles. The highest BCUT2D eigenvalue weighted by Crippen LogP contribution is 2.37. The average Bonchev–Trinajstić information content (AvgIpc) is 3.22. The molecule has 0 atom stereocenters. The molecule has 2 aromatic heterocycles. The molecule has 0 saturated carbocycles. The smallest absolute Gasteiger partial charge is 0.345 e. The molecule has 0 aliphatic carbocycles. The van der Waals surface area contributed by atoms with Crippen LogP contribution in [0.4, 0.5) is 5.69 Å².